The van der Waals surface area contributed by atoms with Crippen molar-refractivity contribution in [3.05, 3.63) is 69.0 Å². The molecule has 0 fully saturated rings. The van der Waals surface area contributed by atoms with Crippen molar-refractivity contribution in [3.8, 4) is 17.2 Å². The molecule has 31 heavy (non-hydrogen) atoms. The van der Waals surface area contributed by atoms with Gasteiger partial charge in [0.25, 0.3) is 0 Å². The number of hydrogen-bond acceptors (Lipinski definition) is 4. The predicted molar refractivity (Wildman–Crippen MR) is 123 cm³/mol. The van der Waals surface area contributed by atoms with Crippen LogP contribution in [0.3, 0.4) is 0 Å². The second-order valence-electron chi connectivity index (χ2n) is 8.22. The van der Waals surface area contributed by atoms with E-state index in [9.17, 15) is 9.90 Å². The van der Waals surface area contributed by atoms with Gasteiger partial charge in [0, 0.05) is 16.5 Å². The summed E-state index contributed by atoms with van der Waals surface area (Å²) in [7, 11) is 0. The Kier molecular flexibility index (Phi) is 6.19. The second kappa shape index (κ2) is 8.87. The lowest BCUT2D eigenvalue weighted by molar-refractivity contribution is -0.141. The lowest BCUT2D eigenvalue weighted by Crippen LogP contribution is -2.17. The number of carboxylic acids is 1. The molecule has 0 saturated heterocycles. The zero-order valence-electron chi connectivity index (χ0n) is 17.9. The van der Waals surface area contributed by atoms with E-state index in [1.54, 1.807) is 6.92 Å². The summed E-state index contributed by atoms with van der Waals surface area (Å²) in [5.41, 5.74) is 5.34. The number of halogens is 1. The molecule has 1 heterocycles. The van der Waals surface area contributed by atoms with E-state index in [1.807, 2.05) is 44.2 Å². The molecular formula is C25H26BrNO4. The van der Waals surface area contributed by atoms with Crippen LogP contribution in [0.5, 0.6) is 5.75 Å². The van der Waals surface area contributed by atoms with Gasteiger partial charge >= 0.3 is 5.97 Å². The predicted octanol–water partition coefficient (Wildman–Crippen LogP) is 6.09. The van der Waals surface area contributed by atoms with Crippen molar-refractivity contribution in [3.63, 3.8) is 0 Å². The van der Waals surface area contributed by atoms with Crippen LogP contribution in [-0.2, 0) is 17.6 Å². The maximum Gasteiger partial charge on any atom is 0.306 e. The Morgan fingerprint density at radius 2 is 2.10 bits per heavy atom. The van der Waals surface area contributed by atoms with Gasteiger partial charge in [-0.1, -0.05) is 35.0 Å². The van der Waals surface area contributed by atoms with E-state index in [2.05, 4.69) is 27.0 Å². The number of rotatable bonds is 7. The summed E-state index contributed by atoms with van der Waals surface area (Å²) in [6, 6.07) is 12.1. The van der Waals surface area contributed by atoms with Gasteiger partial charge in [-0.3, -0.25) is 4.79 Å². The molecule has 4 rings (SSSR count). The molecule has 5 nitrogen and oxygen atoms in total. The largest absolute Gasteiger partial charge is 0.493 e. The van der Waals surface area contributed by atoms with Crippen molar-refractivity contribution in [2.45, 2.75) is 46.0 Å². The average Bonchev–Trinajstić information content (AvgIpc) is 3.32. The number of carbonyl (C=O) groups is 1. The van der Waals surface area contributed by atoms with Gasteiger partial charge in [0.15, 0.2) is 0 Å². The highest BCUT2D eigenvalue weighted by Crippen LogP contribution is 2.40. The molecule has 1 aliphatic rings. The number of ether oxygens (including phenoxy) is 1. The van der Waals surface area contributed by atoms with Crippen LogP contribution < -0.4 is 4.74 Å². The number of oxazole rings is 1. The summed E-state index contributed by atoms with van der Waals surface area (Å²) in [5.74, 6) is 1.20. The average molecular weight is 484 g/mol. The van der Waals surface area contributed by atoms with E-state index < -0.39 is 5.97 Å². The fraction of sp³-hybridized carbons (Fsp3) is 0.360. The smallest absolute Gasteiger partial charge is 0.306 e. The highest BCUT2D eigenvalue weighted by molar-refractivity contribution is 9.10. The van der Waals surface area contributed by atoms with Crippen LogP contribution >= 0.6 is 15.9 Å². The molecule has 1 aromatic heterocycles. The lowest BCUT2D eigenvalue weighted by Gasteiger charge is -2.16. The third-order valence-electron chi connectivity index (χ3n) is 6.15. The number of benzene rings is 2. The van der Waals surface area contributed by atoms with Crippen LogP contribution in [0.2, 0.25) is 0 Å². The molecule has 0 aliphatic heterocycles. The van der Waals surface area contributed by atoms with Crippen LogP contribution in [0, 0.1) is 19.8 Å². The van der Waals surface area contributed by atoms with Gasteiger partial charge in [0.1, 0.15) is 11.5 Å². The fourth-order valence-corrected chi connectivity index (χ4v) is 4.56. The molecule has 2 aromatic carbocycles. The summed E-state index contributed by atoms with van der Waals surface area (Å²) in [4.78, 5) is 16.0. The lowest BCUT2D eigenvalue weighted by atomic mass is 9.89. The number of aromatic nitrogens is 1. The van der Waals surface area contributed by atoms with Crippen LogP contribution in [-0.4, -0.2) is 22.7 Å². The number of hydrogen-bond donors (Lipinski definition) is 1. The van der Waals surface area contributed by atoms with Crippen molar-refractivity contribution >= 4 is 21.9 Å². The first kappa shape index (κ1) is 21.6. The maximum atomic E-state index is 11.3. The Hall–Kier alpha value is -2.60. The van der Waals surface area contributed by atoms with Crippen LogP contribution in [0.25, 0.3) is 11.5 Å². The summed E-state index contributed by atoms with van der Waals surface area (Å²) in [6.07, 6.45) is 2.42. The number of carboxylic acid groups (broad SMARTS) is 1. The first-order chi connectivity index (χ1) is 14.8. The van der Waals surface area contributed by atoms with E-state index in [0.717, 1.165) is 45.6 Å². The molecular weight excluding hydrogens is 458 g/mol. The second-order valence-corrected chi connectivity index (χ2v) is 9.07. The highest BCUT2D eigenvalue weighted by atomic mass is 79.9. The Labute approximate surface area is 190 Å². The molecule has 1 aliphatic carbocycles. The molecule has 3 aromatic rings. The number of fused-ring (bicyclic) bond motifs is 1. The van der Waals surface area contributed by atoms with Crippen molar-refractivity contribution in [1.29, 1.82) is 0 Å². The van der Waals surface area contributed by atoms with Crippen molar-refractivity contribution in [2.24, 2.45) is 5.92 Å². The molecule has 6 heteroatoms. The standard InChI is InChI=1S/C25H26BrNO4/c1-14-4-5-18(13-22(14)26)24-27-23(16(3)31-24)10-11-30-19-7-9-21-17(12-19)6-8-20(21)15(2)25(28)29/h4-5,7,9,12-13,15,20H,6,8,10-11H2,1-3H3,(H,28,29)/t15-,20-/m0/s1. The topological polar surface area (TPSA) is 72.6 Å². The molecule has 2 atom stereocenters. The van der Waals surface area contributed by atoms with Gasteiger partial charge < -0.3 is 14.3 Å². The molecule has 162 valence electrons. The quantitative estimate of drug-likeness (QED) is 0.439. The third kappa shape index (κ3) is 4.54. The number of aryl methyl sites for hydroxylation is 3. The summed E-state index contributed by atoms with van der Waals surface area (Å²) in [5, 5.41) is 9.33. The van der Waals surface area contributed by atoms with Gasteiger partial charge in [0.05, 0.1) is 18.2 Å². The van der Waals surface area contributed by atoms with E-state index >= 15 is 0 Å². The monoisotopic (exact) mass is 483 g/mol. The van der Waals surface area contributed by atoms with Gasteiger partial charge in [-0.05, 0) is 73.6 Å². The summed E-state index contributed by atoms with van der Waals surface area (Å²) >= 11 is 3.56. The SMILES string of the molecule is Cc1ccc(-c2nc(CCOc3ccc4c(c3)CC[C@H]4[C@H](C)C(=O)O)c(C)o2)cc1Br. The Morgan fingerprint density at radius 3 is 2.84 bits per heavy atom. The number of aliphatic carboxylic acids is 1. The van der Waals surface area contributed by atoms with Crippen molar-refractivity contribution in [1.82, 2.24) is 4.98 Å². The van der Waals surface area contributed by atoms with Crippen LogP contribution in [0.15, 0.2) is 45.3 Å². The van der Waals surface area contributed by atoms with E-state index in [0.29, 0.717) is 18.9 Å². The Bertz CT molecular complexity index is 1120. The van der Waals surface area contributed by atoms with Crippen LogP contribution in [0.4, 0.5) is 0 Å². The van der Waals surface area contributed by atoms with Crippen molar-refractivity contribution < 1.29 is 19.1 Å². The minimum atomic E-state index is -0.737. The molecule has 0 radical (unpaired) electrons. The van der Waals surface area contributed by atoms with Crippen molar-refractivity contribution in [2.75, 3.05) is 6.61 Å². The van der Waals surface area contributed by atoms with Gasteiger partial charge in [-0.25, -0.2) is 4.98 Å². The van der Waals surface area contributed by atoms with Gasteiger partial charge in [-0.2, -0.15) is 0 Å². The fourth-order valence-electron chi connectivity index (χ4n) is 4.18. The highest BCUT2D eigenvalue weighted by Gasteiger charge is 2.31. The maximum absolute atomic E-state index is 11.3. The number of nitrogens with zero attached hydrogens (tertiary/aromatic N) is 1. The first-order valence-electron chi connectivity index (χ1n) is 10.5. The van der Waals surface area contributed by atoms with Gasteiger partial charge in [-0.15, -0.1) is 0 Å². The first-order valence-corrected chi connectivity index (χ1v) is 11.3. The minimum Gasteiger partial charge on any atom is -0.493 e. The van der Waals surface area contributed by atoms with E-state index in [4.69, 9.17) is 9.15 Å². The molecule has 0 amide bonds. The zero-order chi connectivity index (χ0) is 22.1. The third-order valence-corrected chi connectivity index (χ3v) is 7.01. The van der Waals surface area contributed by atoms with Crippen LogP contribution in [0.1, 0.15) is 47.4 Å². The molecule has 0 unspecified atom stereocenters. The van der Waals surface area contributed by atoms with E-state index in [-0.39, 0.29) is 11.8 Å². The molecule has 0 bridgehead atoms. The zero-order valence-corrected chi connectivity index (χ0v) is 19.5. The van der Waals surface area contributed by atoms with Gasteiger partial charge in [0.2, 0.25) is 5.89 Å². The molecule has 1 N–H and O–H groups in total. The summed E-state index contributed by atoms with van der Waals surface area (Å²) < 4.78 is 12.9. The Balaban J connectivity index is 1.40. The minimum absolute atomic E-state index is 0.0829. The van der Waals surface area contributed by atoms with E-state index in [1.165, 1.54) is 11.1 Å². The Morgan fingerprint density at radius 1 is 1.29 bits per heavy atom. The molecule has 0 spiro atoms. The normalized spacial score (nSPS) is 16.2. The molecule has 0 saturated carbocycles. The summed E-state index contributed by atoms with van der Waals surface area (Å²) in [6.45, 7) is 6.26.